The third kappa shape index (κ3) is 2.74. The van der Waals surface area contributed by atoms with Crippen molar-refractivity contribution >= 4 is 11.8 Å². The van der Waals surface area contributed by atoms with Crippen LogP contribution in [0.2, 0.25) is 0 Å². The summed E-state index contributed by atoms with van der Waals surface area (Å²) >= 11 is 0. The van der Waals surface area contributed by atoms with Gasteiger partial charge in [0, 0.05) is 5.69 Å². The summed E-state index contributed by atoms with van der Waals surface area (Å²) in [5, 5.41) is 8.73. The fourth-order valence-electron chi connectivity index (χ4n) is 0.817. The molecule has 0 spiro atoms. The van der Waals surface area contributed by atoms with Crippen LogP contribution in [0.25, 0.3) is 6.08 Å². The van der Waals surface area contributed by atoms with Crippen LogP contribution in [-0.2, 0) is 0 Å². The first-order valence-electron chi connectivity index (χ1n) is 3.66. The monoisotopic (exact) mass is 164 g/mol. The van der Waals surface area contributed by atoms with Crippen molar-refractivity contribution in [1.29, 1.82) is 0 Å². The maximum absolute atomic E-state index is 8.73. The maximum Gasteiger partial charge on any atom is 0.121 e. The Morgan fingerprint density at radius 3 is 2.33 bits per heavy atom. The summed E-state index contributed by atoms with van der Waals surface area (Å²) in [6, 6.07) is 7.30. The lowest BCUT2D eigenvalue weighted by Gasteiger charge is -1.96. The summed E-state index contributed by atoms with van der Waals surface area (Å²) in [4.78, 5) is 0. The fraction of sp³-hybridized carbons (Fsp3) is 0.111. The number of aliphatic hydroxyl groups excluding tert-OH is 1. The lowest BCUT2D eigenvalue weighted by atomic mass is 10.2. The Kier molecular flexibility index (Phi) is 2.85. The van der Waals surface area contributed by atoms with Crippen LogP contribution in [0.5, 0.6) is 0 Å². The van der Waals surface area contributed by atoms with E-state index in [1.807, 2.05) is 12.1 Å². The molecule has 1 aromatic rings. The van der Waals surface area contributed by atoms with Gasteiger partial charge in [-0.15, -0.1) is 0 Å². The predicted molar refractivity (Wildman–Crippen MR) is 50.1 cm³/mol. The van der Waals surface area contributed by atoms with Gasteiger partial charge in [-0.25, -0.2) is 0 Å². The normalized spacial score (nSPS) is 13.5. The van der Waals surface area contributed by atoms with E-state index in [1.165, 1.54) is 6.08 Å². The van der Waals surface area contributed by atoms with Gasteiger partial charge in [0.05, 0.1) is 0 Å². The van der Waals surface area contributed by atoms with Gasteiger partial charge in [0.15, 0.2) is 0 Å². The Morgan fingerprint density at radius 1 is 1.25 bits per heavy atom. The highest BCUT2D eigenvalue weighted by Crippen LogP contribution is 2.06. The van der Waals surface area contributed by atoms with Crippen molar-refractivity contribution in [1.82, 2.24) is 0 Å². The topological polar surface area (TPSA) is 72.3 Å². The molecule has 0 aliphatic rings. The zero-order valence-corrected chi connectivity index (χ0v) is 6.64. The molecule has 0 fully saturated rings. The van der Waals surface area contributed by atoms with Gasteiger partial charge < -0.3 is 16.6 Å². The first-order chi connectivity index (χ1) is 5.68. The van der Waals surface area contributed by atoms with Gasteiger partial charge in [0.1, 0.15) is 6.23 Å². The molecule has 0 radical (unpaired) electrons. The van der Waals surface area contributed by atoms with Gasteiger partial charge in [-0.1, -0.05) is 18.2 Å². The molecule has 0 aliphatic heterocycles. The predicted octanol–water partition coefficient (Wildman–Crippen LogP) is 0.559. The number of aliphatic hydroxyl groups is 1. The smallest absolute Gasteiger partial charge is 0.121 e. The van der Waals surface area contributed by atoms with Crippen LogP contribution in [0, 0.1) is 0 Å². The van der Waals surface area contributed by atoms with Crippen molar-refractivity contribution in [3.63, 3.8) is 0 Å². The number of nitrogen functional groups attached to an aromatic ring is 1. The summed E-state index contributed by atoms with van der Waals surface area (Å²) < 4.78 is 0. The van der Waals surface area contributed by atoms with E-state index < -0.39 is 6.23 Å². The van der Waals surface area contributed by atoms with Crippen LogP contribution >= 0.6 is 0 Å². The Labute approximate surface area is 71.3 Å². The highest BCUT2D eigenvalue weighted by atomic mass is 16.3. The van der Waals surface area contributed by atoms with E-state index in [0.717, 1.165) is 11.3 Å². The zero-order chi connectivity index (χ0) is 8.97. The Morgan fingerprint density at radius 2 is 1.83 bits per heavy atom. The number of benzene rings is 1. The van der Waals surface area contributed by atoms with Gasteiger partial charge in [0.2, 0.25) is 0 Å². The van der Waals surface area contributed by atoms with Crippen molar-refractivity contribution in [2.45, 2.75) is 6.23 Å². The van der Waals surface area contributed by atoms with Crippen molar-refractivity contribution in [2.75, 3.05) is 5.73 Å². The van der Waals surface area contributed by atoms with E-state index in [4.69, 9.17) is 16.6 Å². The third-order valence-electron chi connectivity index (χ3n) is 1.42. The van der Waals surface area contributed by atoms with Gasteiger partial charge in [-0.2, -0.15) is 0 Å². The first-order valence-corrected chi connectivity index (χ1v) is 3.66. The molecule has 5 N–H and O–H groups in total. The van der Waals surface area contributed by atoms with Gasteiger partial charge in [-0.05, 0) is 23.8 Å². The Bertz CT molecular complexity index is 264. The minimum absolute atomic E-state index is 0.723. The Balaban J connectivity index is 2.71. The van der Waals surface area contributed by atoms with Crippen LogP contribution in [0.4, 0.5) is 5.69 Å². The summed E-state index contributed by atoms with van der Waals surface area (Å²) in [6.07, 6.45) is 2.35. The standard InChI is InChI=1S/C9H12N2O/c10-8-4-1-7(2-5-8)3-6-9(11)12/h1-6,9,12H,10-11H2/b6-3+. The maximum atomic E-state index is 8.73. The molecule has 0 heterocycles. The number of anilines is 1. The lowest BCUT2D eigenvalue weighted by molar-refractivity contribution is 0.232. The van der Waals surface area contributed by atoms with Crippen LogP contribution in [0.1, 0.15) is 5.56 Å². The molecule has 64 valence electrons. The summed E-state index contributed by atoms with van der Waals surface area (Å²) in [6.45, 7) is 0. The van der Waals surface area contributed by atoms with Gasteiger partial charge in [-0.3, -0.25) is 0 Å². The molecule has 1 aromatic carbocycles. The second-order valence-electron chi connectivity index (χ2n) is 2.52. The van der Waals surface area contributed by atoms with Crippen molar-refractivity contribution in [3.8, 4) is 0 Å². The molecule has 12 heavy (non-hydrogen) atoms. The van der Waals surface area contributed by atoms with Crippen LogP contribution < -0.4 is 11.5 Å². The molecular formula is C9H12N2O. The number of hydrogen-bond donors (Lipinski definition) is 3. The average Bonchev–Trinajstić information content (AvgIpc) is 2.03. The zero-order valence-electron chi connectivity index (χ0n) is 6.64. The third-order valence-corrected chi connectivity index (χ3v) is 1.42. The first kappa shape index (κ1) is 8.77. The van der Waals surface area contributed by atoms with E-state index in [0.29, 0.717) is 0 Å². The molecule has 0 amide bonds. The summed E-state index contributed by atoms with van der Waals surface area (Å²) in [5.74, 6) is 0. The van der Waals surface area contributed by atoms with E-state index in [9.17, 15) is 0 Å². The van der Waals surface area contributed by atoms with Gasteiger partial charge in [0.25, 0.3) is 0 Å². The van der Waals surface area contributed by atoms with Crippen LogP contribution in [-0.4, -0.2) is 11.3 Å². The molecule has 0 aromatic heterocycles. The number of rotatable bonds is 2. The minimum Gasteiger partial charge on any atom is -0.399 e. The van der Waals surface area contributed by atoms with Crippen molar-refractivity contribution < 1.29 is 5.11 Å². The molecule has 0 bridgehead atoms. The molecule has 1 unspecified atom stereocenters. The second kappa shape index (κ2) is 3.90. The molecule has 1 rings (SSSR count). The van der Waals surface area contributed by atoms with Crippen molar-refractivity contribution in [3.05, 3.63) is 35.9 Å². The quantitative estimate of drug-likeness (QED) is 0.441. The summed E-state index contributed by atoms with van der Waals surface area (Å²) in [7, 11) is 0. The highest BCUT2D eigenvalue weighted by Gasteiger charge is 1.88. The molecule has 0 saturated heterocycles. The molecule has 1 atom stereocenters. The van der Waals surface area contributed by atoms with Crippen LogP contribution in [0.3, 0.4) is 0 Å². The average molecular weight is 164 g/mol. The summed E-state index contributed by atoms with van der Waals surface area (Å²) in [5.41, 5.74) is 12.3. The minimum atomic E-state index is -0.900. The van der Waals surface area contributed by atoms with E-state index in [-0.39, 0.29) is 0 Å². The SMILES string of the molecule is Nc1ccc(/C=C/C(N)O)cc1. The molecular weight excluding hydrogens is 152 g/mol. The van der Waals surface area contributed by atoms with Gasteiger partial charge >= 0.3 is 0 Å². The molecule has 3 nitrogen and oxygen atoms in total. The van der Waals surface area contributed by atoms with E-state index in [2.05, 4.69) is 0 Å². The Hall–Kier alpha value is -1.32. The van der Waals surface area contributed by atoms with Crippen LogP contribution in [0.15, 0.2) is 30.3 Å². The number of hydrogen-bond acceptors (Lipinski definition) is 3. The molecule has 0 aliphatic carbocycles. The largest absolute Gasteiger partial charge is 0.399 e. The van der Waals surface area contributed by atoms with Crippen molar-refractivity contribution in [2.24, 2.45) is 5.73 Å². The highest BCUT2D eigenvalue weighted by molar-refractivity contribution is 5.53. The number of nitrogens with two attached hydrogens (primary N) is 2. The fourth-order valence-corrected chi connectivity index (χ4v) is 0.817. The van der Waals surface area contributed by atoms with E-state index >= 15 is 0 Å². The lowest BCUT2D eigenvalue weighted by Crippen LogP contribution is -2.14. The molecule has 3 heteroatoms. The van der Waals surface area contributed by atoms with E-state index in [1.54, 1.807) is 18.2 Å². The molecule has 0 saturated carbocycles. The second-order valence-corrected chi connectivity index (χ2v) is 2.52.